The molecule has 136 valence electrons. The van der Waals surface area contributed by atoms with Gasteiger partial charge in [0.2, 0.25) is 0 Å². The average Bonchev–Trinajstić information content (AvgIpc) is 3.18. The maximum Gasteiger partial charge on any atom is 0.133 e. The lowest BCUT2D eigenvalue weighted by atomic mass is 9.48. The summed E-state index contributed by atoms with van der Waals surface area (Å²) < 4.78 is 2.25. The Hall–Kier alpha value is -1.77. The van der Waals surface area contributed by atoms with Gasteiger partial charge in [-0.1, -0.05) is 12.1 Å². The summed E-state index contributed by atoms with van der Waals surface area (Å²) in [6.45, 7) is 5.46. The molecule has 0 radical (unpaired) electrons. The molecule has 0 saturated heterocycles. The fourth-order valence-electron chi connectivity index (χ4n) is 7.12. The highest BCUT2D eigenvalue weighted by atomic mass is 15.3. The van der Waals surface area contributed by atoms with E-state index in [0.717, 1.165) is 30.7 Å². The van der Waals surface area contributed by atoms with Gasteiger partial charge in [0.05, 0.1) is 11.4 Å². The molecular formula is C23H29N3. The lowest BCUT2D eigenvalue weighted by molar-refractivity contribution is -0.00770. The number of nitrogens with one attached hydrogen (secondary N) is 1. The predicted molar refractivity (Wildman–Crippen MR) is 105 cm³/mol. The van der Waals surface area contributed by atoms with Crippen LogP contribution in [0, 0.1) is 31.6 Å². The maximum atomic E-state index is 5.35. The quantitative estimate of drug-likeness (QED) is 0.835. The third kappa shape index (κ3) is 2.03. The zero-order valence-corrected chi connectivity index (χ0v) is 16.0. The van der Waals surface area contributed by atoms with Gasteiger partial charge in [0, 0.05) is 17.5 Å². The zero-order valence-electron chi connectivity index (χ0n) is 16.0. The van der Waals surface area contributed by atoms with E-state index in [0.29, 0.717) is 5.41 Å². The first-order chi connectivity index (χ1) is 12.6. The molecule has 5 aliphatic rings. The standard InChI is InChI=1S/C23H29N3/c1-14-3-4-15(2)20(7-14)26-22-19(5-6-24-22)21(25-26)23-11-16-8-17(12-23)10-18(9-16)13-23/h3-4,7,16-18,24H,5-6,8-13H2,1-2H3. The number of rotatable bonds is 2. The van der Waals surface area contributed by atoms with E-state index in [1.165, 1.54) is 72.4 Å². The molecule has 0 atom stereocenters. The van der Waals surface area contributed by atoms with Gasteiger partial charge in [-0.3, -0.25) is 0 Å². The van der Waals surface area contributed by atoms with Crippen LogP contribution in [0.3, 0.4) is 0 Å². The Kier molecular flexibility index (Phi) is 3.03. The minimum atomic E-state index is 0.383. The summed E-state index contributed by atoms with van der Waals surface area (Å²) in [5, 5.41) is 9.02. The van der Waals surface area contributed by atoms with Crippen molar-refractivity contribution in [3.8, 4) is 5.69 Å². The van der Waals surface area contributed by atoms with E-state index in [1.54, 1.807) is 0 Å². The molecule has 0 spiro atoms. The van der Waals surface area contributed by atoms with E-state index in [2.05, 4.69) is 42.0 Å². The highest BCUT2D eigenvalue weighted by Crippen LogP contribution is 2.61. The van der Waals surface area contributed by atoms with Gasteiger partial charge in [-0.05, 0) is 93.7 Å². The van der Waals surface area contributed by atoms with Gasteiger partial charge >= 0.3 is 0 Å². The molecule has 3 heteroatoms. The van der Waals surface area contributed by atoms with E-state index in [9.17, 15) is 0 Å². The molecule has 7 rings (SSSR count). The number of aryl methyl sites for hydroxylation is 2. The molecular weight excluding hydrogens is 318 g/mol. The van der Waals surface area contributed by atoms with E-state index in [4.69, 9.17) is 5.10 Å². The number of benzene rings is 1. The summed E-state index contributed by atoms with van der Waals surface area (Å²) in [4.78, 5) is 0. The Morgan fingerprint density at radius 3 is 2.42 bits per heavy atom. The van der Waals surface area contributed by atoms with Gasteiger partial charge in [0.1, 0.15) is 5.82 Å². The first-order valence-electron chi connectivity index (χ1n) is 10.6. The van der Waals surface area contributed by atoms with Crippen LogP contribution >= 0.6 is 0 Å². The summed E-state index contributed by atoms with van der Waals surface area (Å²) in [5.74, 6) is 4.19. The molecule has 1 N–H and O–H groups in total. The Labute approximate surface area is 156 Å². The molecule has 4 aliphatic carbocycles. The summed E-state index contributed by atoms with van der Waals surface area (Å²) in [7, 11) is 0. The Bertz CT molecular complexity index is 856. The lowest BCUT2D eigenvalue weighted by Gasteiger charge is -2.56. The Morgan fingerprint density at radius 1 is 1.04 bits per heavy atom. The molecule has 1 aromatic heterocycles. The number of fused-ring (bicyclic) bond motifs is 1. The van der Waals surface area contributed by atoms with Crippen LogP contribution in [0.2, 0.25) is 0 Å². The average molecular weight is 348 g/mol. The second kappa shape index (κ2) is 5.15. The van der Waals surface area contributed by atoms with Crippen molar-refractivity contribution in [2.24, 2.45) is 17.8 Å². The predicted octanol–water partition coefficient (Wildman–Crippen LogP) is 4.92. The number of hydrogen-bond acceptors (Lipinski definition) is 2. The van der Waals surface area contributed by atoms with E-state index < -0.39 is 0 Å². The van der Waals surface area contributed by atoms with E-state index in [-0.39, 0.29) is 0 Å². The van der Waals surface area contributed by atoms with E-state index in [1.807, 2.05) is 0 Å². The van der Waals surface area contributed by atoms with Crippen molar-refractivity contribution in [1.29, 1.82) is 0 Å². The van der Waals surface area contributed by atoms with Crippen LogP contribution < -0.4 is 5.32 Å². The number of anilines is 1. The van der Waals surface area contributed by atoms with Crippen LogP contribution in [-0.4, -0.2) is 16.3 Å². The highest BCUT2D eigenvalue weighted by molar-refractivity contribution is 5.60. The molecule has 0 unspecified atom stereocenters. The Balaban J connectivity index is 1.52. The number of hydrogen-bond donors (Lipinski definition) is 1. The van der Waals surface area contributed by atoms with Gasteiger partial charge in [0.25, 0.3) is 0 Å². The van der Waals surface area contributed by atoms with Crippen molar-refractivity contribution < 1.29 is 0 Å². The normalized spacial score (nSPS) is 34.2. The molecule has 26 heavy (non-hydrogen) atoms. The molecule has 1 aliphatic heterocycles. The smallest absolute Gasteiger partial charge is 0.133 e. The SMILES string of the molecule is Cc1ccc(C)c(-n2nc(C34CC5CC(CC(C5)C3)C4)c3c2NCC3)c1. The third-order valence-corrected chi connectivity index (χ3v) is 7.78. The monoisotopic (exact) mass is 347 g/mol. The number of aromatic nitrogens is 2. The van der Waals surface area contributed by atoms with Crippen molar-refractivity contribution in [3.63, 3.8) is 0 Å². The van der Waals surface area contributed by atoms with Crippen molar-refractivity contribution in [2.45, 2.75) is 64.2 Å². The molecule has 2 aromatic rings. The van der Waals surface area contributed by atoms with Gasteiger partial charge in [0.15, 0.2) is 0 Å². The fraction of sp³-hybridized carbons (Fsp3) is 0.609. The molecule has 2 heterocycles. The van der Waals surface area contributed by atoms with Crippen molar-refractivity contribution in [2.75, 3.05) is 11.9 Å². The number of nitrogens with zero attached hydrogens (tertiary/aromatic N) is 2. The van der Waals surface area contributed by atoms with Gasteiger partial charge in [-0.15, -0.1) is 0 Å². The summed E-state index contributed by atoms with van der Waals surface area (Å²) in [6.07, 6.45) is 9.84. The summed E-state index contributed by atoms with van der Waals surface area (Å²) in [5.41, 5.74) is 7.27. The molecule has 3 nitrogen and oxygen atoms in total. The molecule has 4 fully saturated rings. The van der Waals surface area contributed by atoms with E-state index >= 15 is 0 Å². The van der Waals surface area contributed by atoms with Crippen LogP contribution in [-0.2, 0) is 11.8 Å². The van der Waals surface area contributed by atoms with Gasteiger partial charge in [-0.2, -0.15) is 5.10 Å². The summed E-state index contributed by atoms with van der Waals surface area (Å²) >= 11 is 0. The minimum Gasteiger partial charge on any atom is -0.369 e. The third-order valence-electron chi connectivity index (χ3n) is 7.78. The highest BCUT2D eigenvalue weighted by Gasteiger charge is 2.54. The zero-order chi connectivity index (χ0) is 17.5. The van der Waals surface area contributed by atoms with Gasteiger partial charge in [-0.25, -0.2) is 4.68 Å². The maximum absolute atomic E-state index is 5.35. The first-order valence-corrected chi connectivity index (χ1v) is 10.6. The first kappa shape index (κ1) is 15.3. The van der Waals surface area contributed by atoms with Crippen LogP contribution in [0.1, 0.15) is 60.9 Å². The van der Waals surface area contributed by atoms with Crippen molar-refractivity contribution in [1.82, 2.24) is 9.78 Å². The molecule has 1 aromatic carbocycles. The topological polar surface area (TPSA) is 29.9 Å². The summed E-state index contributed by atoms with van der Waals surface area (Å²) in [6, 6.07) is 6.74. The largest absolute Gasteiger partial charge is 0.369 e. The second-order valence-electron chi connectivity index (χ2n) is 9.75. The minimum absolute atomic E-state index is 0.383. The van der Waals surface area contributed by atoms with Crippen molar-refractivity contribution in [3.05, 3.63) is 40.6 Å². The Morgan fingerprint density at radius 2 is 1.73 bits per heavy atom. The molecule has 4 bridgehead atoms. The van der Waals surface area contributed by atoms with Crippen LogP contribution in [0.15, 0.2) is 18.2 Å². The molecule has 4 saturated carbocycles. The second-order valence-corrected chi connectivity index (χ2v) is 9.75. The lowest BCUT2D eigenvalue weighted by Crippen LogP contribution is -2.49. The van der Waals surface area contributed by atoms with Crippen LogP contribution in [0.5, 0.6) is 0 Å². The molecule has 0 amide bonds. The fourth-order valence-corrected chi connectivity index (χ4v) is 7.12. The van der Waals surface area contributed by atoms with Gasteiger partial charge < -0.3 is 5.32 Å². The van der Waals surface area contributed by atoms with Crippen LogP contribution in [0.4, 0.5) is 5.82 Å². The van der Waals surface area contributed by atoms with Crippen molar-refractivity contribution >= 4 is 5.82 Å². The van der Waals surface area contributed by atoms with Crippen LogP contribution in [0.25, 0.3) is 5.69 Å².